The summed E-state index contributed by atoms with van der Waals surface area (Å²) in [5.41, 5.74) is 2.27. The number of hydrogen-bond acceptors (Lipinski definition) is 4. The van der Waals surface area contributed by atoms with E-state index in [9.17, 15) is 0 Å². The first-order chi connectivity index (χ1) is 10.3. The fraction of sp³-hybridized carbons (Fsp3) is 0.500. The van der Waals surface area contributed by atoms with Gasteiger partial charge >= 0.3 is 0 Å². The predicted octanol–water partition coefficient (Wildman–Crippen LogP) is 2.55. The molecule has 2 aromatic rings. The van der Waals surface area contributed by atoms with Crippen LogP contribution in [-0.2, 0) is 0 Å². The Balaban J connectivity index is 1.60. The van der Waals surface area contributed by atoms with Gasteiger partial charge in [0, 0.05) is 24.8 Å². The van der Waals surface area contributed by atoms with Crippen molar-refractivity contribution in [2.45, 2.75) is 32.2 Å². The number of anilines is 1. The van der Waals surface area contributed by atoms with Crippen molar-refractivity contribution in [3.63, 3.8) is 0 Å². The minimum atomic E-state index is 0.578. The summed E-state index contributed by atoms with van der Waals surface area (Å²) in [5, 5.41) is 11.4. The number of hydrogen-bond donors (Lipinski definition) is 1. The molecule has 1 saturated heterocycles. The smallest absolute Gasteiger partial charge is 0.123 e. The molecule has 0 bridgehead atoms. The van der Waals surface area contributed by atoms with Gasteiger partial charge in [-0.25, -0.2) is 0 Å². The van der Waals surface area contributed by atoms with E-state index in [-0.39, 0.29) is 0 Å². The van der Waals surface area contributed by atoms with Gasteiger partial charge in [0.05, 0.1) is 5.69 Å². The summed E-state index contributed by atoms with van der Waals surface area (Å²) in [4.78, 5) is 2.56. The molecule has 1 fully saturated rings. The second kappa shape index (κ2) is 6.72. The Morgan fingerprint density at radius 2 is 1.95 bits per heavy atom. The third-order valence-electron chi connectivity index (χ3n) is 4.06. The lowest BCUT2D eigenvalue weighted by Gasteiger charge is -2.32. The summed E-state index contributed by atoms with van der Waals surface area (Å²) in [5.74, 6) is 0. The number of aromatic nitrogens is 3. The molecular formula is C16H23N5. The van der Waals surface area contributed by atoms with Crippen molar-refractivity contribution in [3.8, 4) is 5.69 Å². The summed E-state index contributed by atoms with van der Waals surface area (Å²) in [6.07, 6.45) is 7.14. The topological polar surface area (TPSA) is 46.0 Å². The van der Waals surface area contributed by atoms with E-state index in [1.165, 1.54) is 44.6 Å². The third-order valence-corrected chi connectivity index (χ3v) is 4.06. The van der Waals surface area contributed by atoms with Crippen LogP contribution >= 0.6 is 0 Å². The minimum absolute atomic E-state index is 0.578. The van der Waals surface area contributed by atoms with Gasteiger partial charge < -0.3 is 10.2 Å². The molecule has 3 rings (SSSR count). The molecule has 0 atom stereocenters. The Morgan fingerprint density at radius 1 is 1.19 bits per heavy atom. The maximum Gasteiger partial charge on any atom is 0.123 e. The van der Waals surface area contributed by atoms with Gasteiger partial charge in [-0.05, 0) is 44.0 Å². The molecule has 1 aromatic heterocycles. The molecule has 1 aliphatic rings. The van der Waals surface area contributed by atoms with Crippen LogP contribution < -0.4 is 5.32 Å². The number of piperidine rings is 1. The maximum atomic E-state index is 3.86. The monoisotopic (exact) mass is 285 g/mol. The lowest BCUT2D eigenvalue weighted by atomic mass is 10.0. The first-order valence-corrected chi connectivity index (χ1v) is 7.79. The number of nitrogens with one attached hydrogen (secondary N) is 1. The number of likely N-dealkylation sites (tertiary alicyclic amines) is 1. The van der Waals surface area contributed by atoms with Gasteiger partial charge in [0.15, 0.2) is 0 Å². The largest absolute Gasteiger partial charge is 0.382 e. The van der Waals surface area contributed by atoms with Crippen molar-refractivity contribution in [1.82, 2.24) is 19.7 Å². The van der Waals surface area contributed by atoms with E-state index in [0.29, 0.717) is 6.04 Å². The Labute approximate surface area is 126 Å². The van der Waals surface area contributed by atoms with Gasteiger partial charge in [-0.1, -0.05) is 13.0 Å². The summed E-state index contributed by atoms with van der Waals surface area (Å²) in [6, 6.07) is 9.00. The standard InChI is InChI=1S/C16H23N5/c1-2-8-20-9-6-14(7-10-20)19-15-4-3-5-16(11-15)21-12-17-18-13-21/h3-5,11-14,19H,2,6-10H2,1H3. The number of rotatable bonds is 5. The second-order valence-electron chi connectivity index (χ2n) is 5.68. The molecule has 0 spiro atoms. The van der Waals surface area contributed by atoms with E-state index in [1.807, 2.05) is 4.57 Å². The van der Waals surface area contributed by atoms with E-state index >= 15 is 0 Å². The Hall–Kier alpha value is -1.88. The summed E-state index contributed by atoms with van der Waals surface area (Å²) < 4.78 is 1.93. The number of benzene rings is 1. The van der Waals surface area contributed by atoms with Crippen LogP contribution in [0.3, 0.4) is 0 Å². The Kier molecular flexibility index (Phi) is 4.50. The van der Waals surface area contributed by atoms with E-state index in [0.717, 1.165) is 5.69 Å². The molecule has 5 nitrogen and oxygen atoms in total. The SMILES string of the molecule is CCCN1CCC(Nc2cccc(-n3cnnc3)c2)CC1. The molecular weight excluding hydrogens is 262 g/mol. The first-order valence-electron chi connectivity index (χ1n) is 7.79. The Morgan fingerprint density at radius 3 is 2.67 bits per heavy atom. The van der Waals surface area contributed by atoms with Gasteiger partial charge in [0.25, 0.3) is 0 Å². The van der Waals surface area contributed by atoms with E-state index < -0.39 is 0 Å². The second-order valence-corrected chi connectivity index (χ2v) is 5.68. The van der Waals surface area contributed by atoms with Crippen molar-refractivity contribution in [3.05, 3.63) is 36.9 Å². The van der Waals surface area contributed by atoms with Crippen molar-refractivity contribution in [1.29, 1.82) is 0 Å². The minimum Gasteiger partial charge on any atom is -0.382 e. The summed E-state index contributed by atoms with van der Waals surface area (Å²) >= 11 is 0. The zero-order valence-corrected chi connectivity index (χ0v) is 12.6. The quantitative estimate of drug-likeness (QED) is 0.917. The van der Waals surface area contributed by atoms with Crippen molar-refractivity contribution >= 4 is 5.69 Å². The average molecular weight is 285 g/mol. The lowest BCUT2D eigenvalue weighted by molar-refractivity contribution is 0.219. The van der Waals surface area contributed by atoms with Crippen molar-refractivity contribution < 1.29 is 0 Å². The van der Waals surface area contributed by atoms with Gasteiger partial charge in [-0.2, -0.15) is 0 Å². The van der Waals surface area contributed by atoms with Gasteiger partial charge in [0.1, 0.15) is 12.7 Å². The van der Waals surface area contributed by atoms with Crippen LogP contribution in [0, 0.1) is 0 Å². The molecule has 0 radical (unpaired) electrons. The predicted molar refractivity (Wildman–Crippen MR) is 84.7 cm³/mol. The molecule has 1 aromatic carbocycles. The first kappa shape index (κ1) is 14.1. The lowest BCUT2D eigenvalue weighted by Crippen LogP contribution is -2.39. The highest BCUT2D eigenvalue weighted by Gasteiger charge is 2.18. The maximum absolute atomic E-state index is 3.86. The fourth-order valence-electron chi connectivity index (χ4n) is 2.94. The van der Waals surface area contributed by atoms with Crippen LogP contribution in [0.2, 0.25) is 0 Å². The van der Waals surface area contributed by atoms with Crippen LogP contribution in [0.4, 0.5) is 5.69 Å². The molecule has 1 aliphatic heterocycles. The summed E-state index contributed by atoms with van der Waals surface area (Å²) in [6.45, 7) is 5.89. The zero-order valence-electron chi connectivity index (χ0n) is 12.6. The van der Waals surface area contributed by atoms with E-state index in [2.05, 4.69) is 51.6 Å². The van der Waals surface area contributed by atoms with Gasteiger partial charge in [-0.3, -0.25) is 4.57 Å². The van der Waals surface area contributed by atoms with Gasteiger partial charge in [0.2, 0.25) is 0 Å². The highest BCUT2D eigenvalue weighted by atomic mass is 15.2. The molecule has 0 saturated carbocycles. The van der Waals surface area contributed by atoms with Crippen LogP contribution in [0.5, 0.6) is 0 Å². The van der Waals surface area contributed by atoms with Crippen LogP contribution in [0.25, 0.3) is 5.69 Å². The summed E-state index contributed by atoms with van der Waals surface area (Å²) in [7, 11) is 0. The highest BCUT2D eigenvalue weighted by Crippen LogP contribution is 2.19. The average Bonchev–Trinajstić information content (AvgIpc) is 3.04. The number of nitrogens with zero attached hydrogens (tertiary/aromatic N) is 4. The van der Waals surface area contributed by atoms with Crippen LogP contribution in [0.15, 0.2) is 36.9 Å². The molecule has 1 N–H and O–H groups in total. The highest BCUT2D eigenvalue weighted by molar-refractivity contribution is 5.51. The van der Waals surface area contributed by atoms with Crippen molar-refractivity contribution in [2.24, 2.45) is 0 Å². The van der Waals surface area contributed by atoms with Crippen LogP contribution in [0.1, 0.15) is 26.2 Å². The van der Waals surface area contributed by atoms with Crippen molar-refractivity contribution in [2.75, 3.05) is 25.0 Å². The molecule has 5 heteroatoms. The van der Waals surface area contributed by atoms with E-state index in [4.69, 9.17) is 0 Å². The Bertz CT molecular complexity index is 544. The molecule has 0 aliphatic carbocycles. The molecule has 21 heavy (non-hydrogen) atoms. The third kappa shape index (κ3) is 3.61. The molecule has 112 valence electrons. The fourth-order valence-corrected chi connectivity index (χ4v) is 2.94. The van der Waals surface area contributed by atoms with Gasteiger partial charge in [-0.15, -0.1) is 10.2 Å². The molecule has 2 heterocycles. The zero-order chi connectivity index (χ0) is 14.5. The molecule has 0 amide bonds. The normalized spacial score (nSPS) is 17.0. The van der Waals surface area contributed by atoms with E-state index in [1.54, 1.807) is 12.7 Å². The molecule has 0 unspecified atom stereocenters. The van der Waals surface area contributed by atoms with Crippen LogP contribution in [-0.4, -0.2) is 45.3 Å².